The normalized spacial score (nSPS) is 28.3. The molecule has 0 spiro atoms. The summed E-state index contributed by atoms with van der Waals surface area (Å²) < 4.78 is 37.1. The molecule has 0 aliphatic carbocycles. The zero-order valence-corrected chi connectivity index (χ0v) is 6.71. The van der Waals surface area contributed by atoms with Gasteiger partial charge in [0, 0.05) is 13.2 Å². The largest absolute Gasteiger partial charge is 0.488 e. The molecule has 0 radical (unpaired) electrons. The van der Waals surface area contributed by atoms with Crippen molar-refractivity contribution in [2.24, 2.45) is 0 Å². The second-order valence-corrected chi connectivity index (χ2v) is 2.78. The number of nitrogens with zero attached hydrogens (tertiary/aromatic N) is 1. The molecule has 13 heavy (non-hydrogen) atoms. The van der Waals surface area contributed by atoms with Crippen LogP contribution >= 0.6 is 0 Å². The Kier molecular flexibility index (Phi) is 2.31. The maximum Gasteiger partial charge on any atom is 0.488 e. The molecule has 0 aromatic heterocycles. The topological polar surface area (TPSA) is 55.7 Å². The highest BCUT2D eigenvalue weighted by Crippen LogP contribution is 2.34. The van der Waals surface area contributed by atoms with Gasteiger partial charge in [0.1, 0.15) is 0 Å². The molecule has 0 aromatic rings. The van der Waals surface area contributed by atoms with E-state index >= 15 is 0 Å². The van der Waals surface area contributed by atoms with E-state index in [4.69, 9.17) is 10.0 Å². The maximum absolute atomic E-state index is 12.4. The van der Waals surface area contributed by atoms with Gasteiger partial charge in [-0.1, -0.05) is 0 Å². The zero-order chi connectivity index (χ0) is 10.3. The molecule has 1 atom stereocenters. The fourth-order valence-electron chi connectivity index (χ4n) is 1.04. The third-order valence-corrected chi connectivity index (χ3v) is 1.80. The van der Waals surface area contributed by atoms with Gasteiger partial charge in [0.25, 0.3) is 0 Å². The number of hydrogen-bond donors (Lipinski definition) is 3. The van der Waals surface area contributed by atoms with Crippen LogP contribution in [-0.2, 0) is 0 Å². The van der Waals surface area contributed by atoms with Gasteiger partial charge < -0.3 is 15.1 Å². The van der Waals surface area contributed by atoms with Crippen LogP contribution in [0.3, 0.4) is 0 Å². The lowest BCUT2D eigenvalue weighted by molar-refractivity contribution is -0.170. The van der Waals surface area contributed by atoms with E-state index in [9.17, 15) is 13.2 Å². The number of hydrazine groups is 1. The van der Waals surface area contributed by atoms with Gasteiger partial charge in [0.05, 0.1) is 0 Å². The van der Waals surface area contributed by atoms with E-state index in [0.29, 0.717) is 6.08 Å². The summed E-state index contributed by atoms with van der Waals surface area (Å²) in [5.74, 6) is 0. The van der Waals surface area contributed by atoms with Crippen LogP contribution in [0.5, 0.6) is 0 Å². The summed E-state index contributed by atoms with van der Waals surface area (Å²) in [4.78, 5) is 0. The Morgan fingerprint density at radius 1 is 1.46 bits per heavy atom. The smallest absolute Gasteiger partial charge is 0.425 e. The first kappa shape index (κ1) is 10.4. The SMILES string of the molecule is CN1C=CC(B(O)O)(C(F)(F)F)N1. The number of hydrogen-bond acceptors (Lipinski definition) is 4. The third-order valence-electron chi connectivity index (χ3n) is 1.80. The van der Waals surface area contributed by atoms with E-state index < -0.39 is 18.7 Å². The molecule has 0 amide bonds. The molecule has 1 unspecified atom stereocenters. The molecule has 1 aliphatic heterocycles. The van der Waals surface area contributed by atoms with Gasteiger partial charge in [0.2, 0.25) is 0 Å². The van der Waals surface area contributed by atoms with E-state index in [1.807, 2.05) is 5.43 Å². The van der Waals surface area contributed by atoms with Crippen molar-refractivity contribution in [3.05, 3.63) is 12.3 Å². The molecule has 1 rings (SSSR count). The zero-order valence-electron chi connectivity index (χ0n) is 6.71. The average molecular weight is 196 g/mol. The molecule has 0 saturated heterocycles. The quantitative estimate of drug-likeness (QED) is 0.483. The van der Waals surface area contributed by atoms with Gasteiger partial charge in [-0.3, -0.25) is 0 Å². The van der Waals surface area contributed by atoms with Gasteiger partial charge in [0.15, 0.2) is 5.44 Å². The van der Waals surface area contributed by atoms with Crippen molar-refractivity contribution in [2.75, 3.05) is 7.05 Å². The molecule has 0 fully saturated rings. The number of rotatable bonds is 1. The third kappa shape index (κ3) is 1.52. The molecule has 4 nitrogen and oxygen atoms in total. The Labute approximate surface area is 72.8 Å². The van der Waals surface area contributed by atoms with E-state index in [1.165, 1.54) is 7.05 Å². The molecule has 1 aliphatic rings. The van der Waals surface area contributed by atoms with Crippen molar-refractivity contribution in [2.45, 2.75) is 11.6 Å². The lowest BCUT2D eigenvalue weighted by Gasteiger charge is -2.30. The van der Waals surface area contributed by atoms with Gasteiger partial charge in [-0.05, 0) is 6.08 Å². The molecule has 0 aromatic carbocycles. The minimum absolute atomic E-state index is 0.664. The Morgan fingerprint density at radius 3 is 2.15 bits per heavy atom. The van der Waals surface area contributed by atoms with Gasteiger partial charge in [-0.2, -0.15) is 13.2 Å². The van der Waals surface area contributed by atoms with Crippen molar-refractivity contribution < 1.29 is 23.2 Å². The number of alkyl halides is 3. The van der Waals surface area contributed by atoms with Crippen molar-refractivity contribution in [3.63, 3.8) is 0 Å². The summed E-state index contributed by atoms with van der Waals surface area (Å²) in [5.41, 5.74) is -0.886. The Hall–Kier alpha value is -0.725. The highest BCUT2D eigenvalue weighted by Gasteiger charge is 2.63. The highest BCUT2D eigenvalue weighted by molar-refractivity contribution is 6.47. The van der Waals surface area contributed by atoms with Gasteiger partial charge in [-0.25, -0.2) is 5.43 Å². The van der Waals surface area contributed by atoms with Crippen LogP contribution in [0.25, 0.3) is 0 Å². The second kappa shape index (κ2) is 2.90. The first-order valence-corrected chi connectivity index (χ1v) is 3.42. The van der Waals surface area contributed by atoms with Crippen molar-refractivity contribution in [3.8, 4) is 0 Å². The van der Waals surface area contributed by atoms with Gasteiger partial charge in [-0.15, -0.1) is 0 Å². The van der Waals surface area contributed by atoms with E-state index in [1.54, 1.807) is 0 Å². The lowest BCUT2D eigenvalue weighted by Crippen LogP contribution is -2.65. The van der Waals surface area contributed by atoms with Gasteiger partial charge >= 0.3 is 13.3 Å². The number of nitrogens with one attached hydrogen (secondary N) is 1. The van der Waals surface area contributed by atoms with Crippen LogP contribution in [0, 0.1) is 0 Å². The minimum atomic E-state index is -4.76. The van der Waals surface area contributed by atoms with Crippen LogP contribution in [-0.4, -0.2) is 40.8 Å². The standard InChI is InChI=1S/C5H8BF3N2O2/c1-11-3-2-4(10-11,6(12)13)5(7,8)9/h2-3,10,12-13H,1H3. The second-order valence-electron chi connectivity index (χ2n) is 2.78. The molecule has 0 bridgehead atoms. The summed E-state index contributed by atoms with van der Waals surface area (Å²) in [5, 5.41) is 18.3. The van der Waals surface area contributed by atoms with Crippen LogP contribution in [0.4, 0.5) is 13.2 Å². The molecule has 0 saturated carbocycles. The fourth-order valence-corrected chi connectivity index (χ4v) is 1.04. The number of halogens is 3. The Balaban J connectivity index is 2.99. The summed E-state index contributed by atoms with van der Waals surface area (Å²) in [6, 6.07) is 0. The van der Waals surface area contributed by atoms with Crippen molar-refractivity contribution in [1.82, 2.24) is 10.4 Å². The van der Waals surface area contributed by atoms with Crippen LogP contribution in [0.1, 0.15) is 0 Å². The summed E-state index contributed by atoms with van der Waals surface area (Å²) in [6.07, 6.45) is -3.02. The average Bonchev–Trinajstić information content (AvgIpc) is 2.30. The Morgan fingerprint density at radius 2 is 2.00 bits per heavy atom. The lowest BCUT2D eigenvalue weighted by atomic mass is 9.65. The first-order valence-electron chi connectivity index (χ1n) is 3.42. The summed E-state index contributed by atoms with van der Waals surface area (Å²) in [6.45, 7) is 0. The molecular formula is C5H8BF3N2O2. The minimum Gasteiger partial charge on any atom is -0.425 e. The first-order chi connectivity index (χ1) is 5.79. The summed E-state index contributed by atoms with van der Waals surface area (Å²) >= 11 is 0. The molecule has 8 heteroatoms. The van der Waals surface area contributed by atoms with Crippen LogP contribution in [0.2, 0.25) is 0 Å². The predicted molar refractivity (Wildman–Crippen MR) is 39.0 cm³/mol. The summed E-state index contributed by atoms with van der Waals surface area (Å²) in [7, 11) is -1.21. The maximum atomic E-state index is 12.4. The van der Waals surface area contributed by atoms with E-state index in [-0.39, 0.29) is 0 Å². The van der Waals surface area contributed by atoms with E-state index in [0.717, 1.165) is 11.2 Å². The molecular weight excluding hydrogens is 188 g/mol. The molecule has 1 heterocycles. The predicted octanol–water partition coefficient (Wildman–Crippen LogP) is -0.737. The Bertz CT molecular complexity index is 232. The van der Waals surface area contributed by atoms with E-state index in [2.05, 4.69) is 0 Å². The van der Waals surface area contributed by atoms with Crippen molar-refractivity contribution in [1.29, 1.82) is 0 Å². The molecule has 3 N–H and O–H groups in total. The van der Waals surface area contributed by atoms with Crippen LogP contribution < -0.4 is 5.43 Å². The molecule has 74 valence electrons. The monoisotopic (exact) mass is 196 g/mol. The van der Waals surface area contributed by atoms with Crippen molar-refractivity contribution >= 4 is 7.12 Å². The van der Waals surface area contributed by atoms with Crippen LogP contribution in [0.15, 0.2) is 12.3 Å². The highest BCUT2D eigenvalue weighted by atomic mass is 19.4. The fraction of sp³-hybridized carbons (Fsp3) is 0.600.